The van der Waals surface area contributed by atoms with Crippen LogP contribution in [0.4, 0.5) is 5.69 Å². The predicted molar refractivity (Wildman–Crippen MR) is 74.5 cm³/mol. The second kappa shape index (κ2) is 6.49. The molecular weight excluding hydrogens is 330 g/mol. The van der Waals surface area contributed by atoms with Gasteiger partial charge in [0.2, 0.25) is 0 Å². The van der Waals surface area contributed by atoms with E-state index in [-0.39, 0.29) is 18.8 Å². The number of ether oxygens (including phenoxy) is 1. The van der Waals surface area contributed by atoms with Crippen LogP contribution >= 0.6 is 15.9 Å². The highest BCUT2D eigenvalue weighted by Crippen LogP contribution is 2.23. The number of nitro groups is 1. The van der Waals surface area contributed by atoms with Gasteiger partial charge in [0, 0.05) is 0 Å². The lowest BCUT2D eigenvalue weighted by Crippen LogP contribution is -2.23. The van der Waals surface area contributed by atoms with Crippen molar-refractivity contribution in [2.24, 2.45) is 0 Å². The number of aliphatic hydroxyl groups excluding tert-OH is 1. The zero-order valence-electron chi connectivity index (χ0n) is 10.3. The third-order valence-corrected chi connectivity index (χ3v) is 3.15. The fourth-order valence-electron chi connectivity index (χ4n) is 1.56. The van der Waals surface area contributed by atoms with Gasteiger partial charge in [-0.1, -0.05) is 12.1 Å². The fourth-order valence-corrected chi connectivity index (χ4v) is 1.96. The summed E-state index contributed by atoms with van der Waals surface area (Å²) in [6, 6.07) is 7.29. The Kier molecular flexibility index (Phi) is 4.70. The van der Waals surface area contributed by atoms with E-state index in [0.29, 0.717) is 5.75 Å². The molecule has 0 unspecified atom stereocenters. The summed E-state index contributed by atoms with van der Waals surface area (Å²) in [5.74, 6) is 0.623. The van der Waals surface area contributed by atoms with Gasteiger partial charge < -0.3 is 9.84 Å². The van der Waals surface area contributed by atoms with Crippen molar-refractivity contribution in [2.45, 2.75) is 12.6 Å². The molecule has 106 valence electrons. The molecule has 0 saturated carbocycles. The van der Waals surface area contributed by atoms with Crippen LogP contribution in [-0.2, 0) is 6.54 Å². The predicted octanol–water partition coefficient (Wildman–Crippen LogP) is 1.99. The number of rotatable bonds is 6. The molecule has 0 bridgehead atoms. The first-order chi connectivity index (χ1) is 9.56. The van der Waals surface area contributed by atoms with Crippen LogP contribution in [0.15, 0.2) is 41.1 Å². The summed E-state index contributed by atoms with van der Waals surface area (Å²) in [4.78, 5) is 9.97. The molecule has 1 aromatic heterocycles. The van der Waals surface area contributed by atoms with Crippen LogP contribution in [-0.4, -0.2) is 32.5 Å². The molecule has 8 heteroatoms. The van der Waals surface area contributed by atoms with Crippen LogP contribution in [0.1, 0.15) is 0 Å². The standard InChI is InChI=1S/C12H12BrN3O4/c13-11-3-1-2-4-12(11)20-8-10(17)7-15-6-9(5-14-15)16(18)19/h1-6,10,17H,7-8H2/t10-/m0/s1. The maximum absolute atomic E-state index is 10.5. The van der Waals surface area contributed by atoms with Crippen molar-refractivity contribution >= 4 is 21.6 Å². The first kappa shape index (κ1) is 14.5. The molecule has 0 fully saturated rings. The SMILES string of the molecule is O=[N+]([O-])c1cnn(C[C@H](O)COc2ccccc2Br)c1. The van der Waals surface area contributed by atoms with Crippen LogP contribution in [0, 0.1) is 10.1 Å². The van der Waals surface area contributed by atoms with Crippen LogP contribution in [0.2, 0.25) is 0 Å². The number of halogens is 1. The van der Waals surface area contributed by atoms with Crippen molar-refractivity contribution in [3.8, 4) is 5.75 Å². The molecule has 1 N–H and O–H groups in total. The lowest BCUT2D eigenvalue weighted by Gasteiger charge is -2.13. The lowest BCUT2D eigenvalue weighted by molar-refractivity contribution is -0.385. The van der Waals surface area contributed by atoms with Gasteiger partial charge in [-0.25, -0.2) is 0 Å². The number of para-hydroxylation sites is 1. The van der Waals surface area contributed by atoms with Crippen LogP contribution in [0.3, 0.4) is 0 Å². The van der Waals surface area contributed by atoms with E-state index >= 15 is 0 Å². The van der Waals surface area contributed by atoms with E-state index in [1.54, 1.807) is 6.07 Å². The van der Waals surface area contributed by atoms with Crippen LogP contribution in [0.25, 0.3) is 0 Å². The van der Waals surface area contributed by atoms with Gasteiger partial charge in [0.1, 0.15) is 30.9 Å². The first-order valence-corrected chi connectivity index (χ1v) is 6.58. The van der Waals surface area contributed by atoms with Crippen molar-refractivity contribution in [1.82, 2.24) is 9.78 Å². The van der Waals surface area contributed by atoms with E-state index in [0.717, 1.165) is 10.7 Å². The normalized spacial score (nSPS) is 12.1. The minimum absolute atomic E-state index is 0.0657. The Bertz CT molecular complexity index is 602. The molecule has 2 rings (SSSR count). The van der Waals surface area contributed by atoms with Gasteiger partial charge in [-0.15, -0.1) is 0 Å². The minimum Gasteiger partial charge on any atom is -0.490 e. The number of nitrogens with zero attached hydrogens (tertiary/aromatic N) is 3. The number of hydrogen-bond donors (Lipinski definition) is 1. The quantitative estimate of drug-likeness (QED) is 0.640. The molecule has 0 aliphatic rings. The summed E-state index contributed by atoms with van der Waals surface area (Å²) >= 11 is 3.33. The third kappa shape index (κ3) is 3.78. The molecule has 0 saturated heterocycles. The zero-order chi connectivity index (χ0) is 14.5. The molecule has 0 aliphatic carbocycles. The summed E-state index contributed by atoms with van der Waals surface area (Å²) in [6.07, 6.45) is 1.59. The Morgan fingerprint density at radius 3 is 2.90 bits per heavy atom. The maximum Gasteiger partial charge on any atom is 0.306 e. The van der Waals surface area contributed by atoms with Gasteiger partial charge in [-0.05, 0) is 28.1 Å². The molecule has 0 spiro atoms. The second-order valence-corrected chi connectivity index (χ2v) is 4.93. The highest BCUT2D eigenvalue weighted by molar-refractivity contribution is 9.10. The van der Waals surface area contributed by atoms with Crippen LogP contribution in [0.5, 0.6) is 5.75 Å². The number of aliphatic hydroxyl groups is 1. The van der Waals surface area contributed by atoms with Crippen molar-refractivity contribution < 1.29 is 14.8 Å². The van der Waals surface area contributed by atoms with Crippen molar-refractivity contribution in [1.29, 1.82) is 0 Å². The lowest BCUT2D eigenvalue weighted by atomic mass is 10.3. The van der Waals surface area contributed by atoms with E-state index in [1.165, 1.54) is 10.9 Å². The van der Waals surface area contributed by atoms with Gasteiger partial charge in [0.15, 0.2) is 0 Å². The Labute approximate surface area is 123 Å². The van der Waals surface area contributed by atoms with Gasteiger partial charge in [-0.2, -0.15) is 5.10 Å². The Morgan fingerprint density at radius 1 is 1.50 bits per heavy atom. The van der Waals surface area contributed by atoms with Gasteiger partial charge >= 0.3 is 5.69 Å². The fraction of sp³-hybridized carbons (Fsp3) is 0.250. The van der Waals surface area contributed by atoms with Crippen molar-refractivity contribution in [2.75, 3.05) is 6.61 Å². The molecule has 0 radical (unpaired) electrons. The van der Waals surface area contributed by atoms with Gasteiger partial charge in [-0.3, -0.25) is 14.8 Å². The van der Waals surface area contributed by atoms with E-state index < -0.39 is 11.0 Å². The maximum atomic E-state index is 10.5. The van der Waals surface area contributed by atoms with E-state index in [9.17, 15) is 15.2 Å². The van der Waals surface area contributed by atoms with E-state index in [1.807, 2.05) is 18.2 Å². The Hall–Kier alpha value is -1.93. The molecular formula is C12H12BrN3O4. The molecule has 2 aromatic rings. The summed E-state index contributed by atoms with van der Waals surface area (Å²) in [6.45, 7) is 0.189. The zero-order valence-corrected chi connectivity index (χ0v) is 11.9. The Balaban J connectivity index is 1.87. The molecule has 1 atom stereocenters. The van der Waals surface area contributed by atoms with E-state index in [2.05, 4.69) is 21.0 Å². The van der Waals surface area contributed by atoms with Crippen molar-refractivity contribution in [3.63, 3.8) is 0 Å². The Morgan fingerprint density at radius 2 is 2.25 bits per heavy atom. The second-order valence-electron chi connectivity index (χ2n) is 4.07. The topological polar surface area (TPSA) is 90.4 Å². The molecule has 0 amide bonds. The average Bonchev–Trinajstić information content (AvgIpc) is 2.86. The largest absolute Gasteiger partial charge is 0.490 e. The summed E-state index contributed by atoms with van der Waals surface area (Å²) in [7, 11) is 0. The average molecular weight is 342 g/mol. The summed E-state index contributed by atoms with van der Waals surface area (Å²) < 4.78 is 7.56. The summed E-state index contributed by atoms with van der Waals surface area (Å²) in [5.41, 5.74) is -0.107. The number of benzene rings is 1. The van der Waals surface area contributed by atoms with Gasteiger partial charge in [0.05, 0.1) is 15.9 Å². The highest BCUT2D eigenvalue weighted by Gasteiger charge is 2.12. The van der Waals surface area contributed by atoms with Gasteiger partial charge in [0.25, 0.3) is 0 Å². The molecule has 0 aliphatic heterocycles. The summed E-state index contributed by atoms with van der Waals surface area (Å²) in [5, 5.41) is 24.1. The minimum atomic E-state index is -0.818. The number of aromatic nitrogens is 2. The van der Waals surface area contributed by atoms with Crippen molar-refractivity contribution in [3.05, 3.63) is 51.2 Å². The molecule has 20 heavy (non-hydrogen) atoms. The monoisotopic (exact) mass is 341 g/mol. The molecule has 1 heterocycles. The molecule has 7 nitrogen and oxygen atoms in total. The third-order valence-electron chi connectivity index (χ3n) is 2.50. The smallest absolute Gasteiger partial charge is 0.306 e. The first-order valence-electron chi connectivity index (χ1n) is 5.78. The molecule has 1 aromatic carbocycles. The van der Waals surface area contributed by atoms with E-state index in [4.69, 9.17) is 4.74 Å². The highest BCUT2D eigenvalue weighted by atomic mass is 79.9. The van der Waals surface area contributed by atoms with Crippen LogP contribution < -0.4 is 4.74 Å². The number of hydrogen-bond acceptors (Lipinski definition) is 5.